The summed E-state index contributed by atoms with van der Waals surface area (Å²) in [6.45, 7) is -1.17. The molecule has 3 nitrogen and oxygen atoms in total. The fraction of sp³-hybridized carbons (Fsp3) is 0.917. The molecule has 1 amide bonds. The van der Waals surface area contributed by atoms with Crippen LogP contribution in [0.4, 0.5) is 13.2 Å². The van der Waals surface area contributed by atoms with E-state index in [2.05, 4.69) is 5.32 Å². The van der Waals surface area contributed by atoms with Crippen molar-refractivity contribution < 1.29 is 18.0 Å². The van der Waals surface area contributed by atoms with Crippen molar-refractivity contribution >= 4 is 5.91 Å². The molecule has 1 fully saturated rings. The number of carbonyl (C=O) groups excluding carboxylic acids is 1. The van der Waals surface area contributed by atoms with Crippen LogP contribution >= 0.6 is 0 Å². The van der Waals surface area contributed by atoms with Gasteiger partial charge in [0.15, 0.2) is 0 Å². The third-order valence-corrected chi connectivity index (χ3v) is 3.67. The van der Waals surface area contributed by atoms with Gasteiger partial charge < -0.3 is 10.2 Å². The van der Waals surface area contributed by atoms with E-state index < -0.39 is 18.6 Å². The van der Waals surface area contributed by atoms with Gasteiger partial charge in [-0.2, -0.15) is 13.2 Å². The molecule has 0 aliphatic heterocycles. The Balaban J connectivity index is 2.56. The van der Waals surface area contributed by atoms with Crippen LogP contribution in [0.5, 0.6) is 0 Å². The van der Waals surface area contributed by atoms with E-state index in [1.165, 1.54) is 7.05 Å². The standard InChI is InChI=1S/C12H21F3N2O/c1-16-11(6-4-3-5-7-11)8-10(18)17(2)9-12(13,14)15/h16H,3-9H2,1-2H3. The van der Waals surface area contributed by atoms with E-state index >= 15 is 0 Å². The Morgan fingerprint density at radius 2 is 1.83 bits per heavy atom. The lowest BCUT2D eigenvalue weighted by Gasteiger charge is -2.37. The summed E-state index contributed by atoms with van der Waals surface area (Å²) in [4.78, 5) is 12.6. The van der Waals surface area contributed by atoms with E-state index in [9.17, 15) is 18.0 Å². The smallest absolute Gasteiger partial charge is 0.337 e. The van der Waals surface area contributed by atoms with Crippen LogP contribution in [-0.4, -0.2) is 43.2 Å². The summed E-state index contributed by atoms with van der Waals surface area (Å²) in [7, 11) is 2.99. The van der Waals surface area contributed by atoms with Gasteiger partial charge in [0, 0.05) is 19.0 Å². The SMILES string of the molecule is CNC1(CC(=O)N(C)CC(F)(F)F)CCCCC1. The molecule has 0 saturated heterocycles. The molecule has 0 bridgehead atoms. The van der Waals surface area contributed by atoms with Crippen LogP contribution in [0.3, 0.4) is 0 Å². The molecule has 1 N–H and O–H groups in total. The third-order valence-electron chi connectivity index (χ3n) is 3.67. The van der Waals surface area contributed by atoms with Crippen molar-refractivity contribution in [2.45, 2.75) is 50.2 Å². The van der Waals surface area contributed by atoms with E-state index in [-0.39, 0.29) is 12.0 Å². The number of alkyl halides is 3. The minimum Gasteiger partial charge on any atom is -0.337 e. The fourth-order valence-electron chi connectivity index (χ4n) is 2.53. The van der Waals surface area contributed by atoms with Crippen molar-refractivity contribution in [1.82, 2.24) is 10.2 Å². The molecule has 1 saturated carbocycles. The second kappa shape index (κ2) is 5.91. The van der Waals surface area contributed by atoms with E-state index in [1.54, 1.807) is 7.05 Å². The summed E-state index contributed by atoms with van der Waals surface area (Å²) in [6, 6.07) is 0. The average molecular weight is 266 g/mol. The molecule has 0 aromatic carbocycles. The molecule has 0 spiro atoms. The zero-order valence-electron chi connectivity index (χ0n) is 10.9. The van der Waals surface area contributed by atoms with E-state index in [0.29, 0.717) is 0 Å². The van der Waals surface area contributed by atoms with Crippen LogP contribution in [0.15, 0.2) is 0 Å². The van der Waals surface area contributed by atoms with Gasteiger partial charge in [-0.25, -0.2) is 0 Å². The summed E-state index contributed by atoms with van der Waals surface area (Å²) in [5, 5.41) is 3.14. The van der Waals surface area contributed by atoms with E-state index in [4.69, 9.17) is 0 Å². The van der Waals surface area contributed by atoms with Gasteiger partial charge in [0.2, 0.25) is 5.91 Å². The molecule has 0 unspecified atom stereocenters. The van der Waals surface area contributed by atoms with Gasteiger partial charge in [0.1, 0.15) is 6.54 Å². The first-order chi connectivity index (χ1) is 8.28. The Bertz CT molecular complexity index is 286. The highest BCUT2D eigenvalue weighted by atomic mass is 19.4. The lowest BCUT2D eigenvalue weighted by Crippen LogP contribution is -2.49. The first kappa shape index (κ1) is 15.3. The first-order valence-corrected chi connectivity index (χ1v) is 6.28. The van der Waals surface area contributed by atoms with Crippen LogP contribution in [0.25, 0.3) is 0 Å². The quantitative estimate of drug-likeness (QED) is 0.847. The van der Waals surface area contributed by atoms with Gasteiger partial charge in [-0.3, -0.25) is 4.79 Å². The van der Waals surface area contributed by atoms with Crippen molar-refractivity contribution in [3.63, 3.8) is 0 Å². The molecule has 106 valence electrons. The van der Waals surface area contributed by atoms with Crippen LogP contribution in [0, 0.1) is 0 Å². The second-order valence-electron chi connectivity index (χ2n) is 5.13. The first-order valence-electron chi connectivity index (χ1n) is 6.28. The molecule has 1 aliphatic carbocycles. The number of rotatable bonds is 4. The van der Waals surface area contributed by atoms with Gasteiger partial charge in [-0.1, -0.05) is 19.3 Å². The highest BCUT2D eigenvalue weighted by molar-refractivity contribution is 5.77. The number of hydrogen-bond acceptors (Lipinski definition) is 2. The summed E-state index contributed by atoms with van der Waals surface area (Å²) in [5.74, 6) is -0.441. The normalized spacial score (nSPS) is 19.6. The Morgan fingerprint density at radius 3 is 2.28 bits per heavy atom. The Morgan fingerprint density at radius 1 is 1.28 bits per heavy atom. The van der Waals surface area contributed by atoms with Gasteiger partial charge in [-0.15, -0.1) is 0 Å². The lowest BCUT2D eigenvalue weighted by molar-refractivity contribution is -0.159. The maximum Gasteiger partial charge on any atom is 0.406 e. The number of nitrogens with one attached hydrogen (secondary N) is 1. The molecular formula is C12H21F3N2O. The molecule has 1 rings (SSSR count). The molecule has 0 aromatic rings. The van der Waals surface area contributed by atoms with Crippen LogP contribution < -0.4 is 5.32 Å². The third kappa shape index (κ3) is 4.48. The van der Waals surface area contributed by atoms with Gasteiger partial charge in [0.05, 0.1) is 0 Å². The molecule has 1 aliphatic rings. The van der Waals surface area contributed by atoms with Crippen molar-refractivity contribution in [1.29, 1.82) is 0 Å². The Labute approximate surface area is 106 Å². The zero-order chi connectivity index (χ0) is 13.8. The summed E-state index contributed by atoms with van der Waals surface area (Å²) in [5.41, 5.74) is -0.310. The van der Waals surface area contributed by atoms with Crippen molar-refractivity contribution in [2.24, 2.45) is 0 Å². The fourth-order valence-corrected chi connectivity index (χ4v) is 2.53. The predicted molar refractivity (Wildman–Crippen MR) is 63.2 cm³/mol. The van der Waals surface area contributed by atoms with Crippen molar-refractivity contribution in [3.8, 4) is 0 Å². The Kier molecular flexibility index (Phi) is 5.01. The van der Waals surface area contributed by atoms with E-state index in [1.807, 2.05) is 0 Å². The van der Waals surface area contributed by atoms with Crippen LogP contribution in [0.2, 0.25) is 0 Å². The van der Waals surface area contributed by atoms with Crippen LogP contribution in [-0.2, 0) is 4.79 Å². The average Bonchev–Trinajstić information content (AvgIpc) is 2.28. The van der Waals surface area contributed by atoms with Crippen molar-refractivity contribution in [2.75, 3.05) is 20.6 Å². The van der Waals surface area contributed by atoms with Gasteiger partial charge >= 0.3 is 6.18 Å². The maximum absolute atomic E-state index is 12.2. The second-order valence-corrected chi connectivity index (χ2v) is 5.13. The molecule has 0 aromatic heterocycles. The molecule has 0 radical (unpaired) electrons. The molecule has 0 atom stereocenters. The van der Waals surface area contributed by atoms with Gasteiger partial charge in [0.25, 0.3) is 0 Å². The number of amides is 1. The highest BCUT2D eigenvalue weighted by Gasteiger charge is 2.36. The maximum atomic E-state index is 12.2. The summed E-state index contributed by atoms with van der Waals surface area (Å²) >= 11 is 0. The number of halogens is 3. The molecule has 0 heterocycles. The minimum absolute atomic E-state index is 0.149. The minimum atomic E-state index is -4.33. The highest BCUT2D eigenvalue weighted by Crippen LogP contribution is 2.31. The summed E-state index contributed by atoms with van der Waals surface area (Å²) < 4.78 is 36.6. The predicted octanol–water partition coefficient (Wildman–Crippen LogP) is 2.32. The Hall–Kier alpha value is -0.780. The number of carbonyl (C=O) groups is 1. The monoisotopic (exact) mass is 266 g/mol. The molecular weight excluding hydrogens is 245 g/mol. The van der Waals surface area contributed by atoms with Crippen molar-refractivity contribution in [3.05, 3.63) is 0 Å². The molecule has 18 heavy (non-hydrogen) atoms. The lowest BCUT2D eigenvalue weighted by atomic mass is 9.79. The largest absolute Gasteiger partial charge is 0.406 e. The van der Waals surface area contributed by atoms with Gasteiger partial charge in [-0.05, 0) is 19.9 Å². The van der Waals surface area contributed by atoms with Crippen LogP contribution in [0.1, 0.15) is 38.5 Å². The topological polar surface area (TPSA) is 32.3 Å². The summed E-state index contributed by atoms with van der Waals surface area (Å²) in [6.07, 6.45) is 0.717. The number of hydrogen-bond donors (Lipinski definition) is 1. The zero-order valence-corrected chi connectivity index (χ0v) is 10.9. The number of nitrogens with zero attached hydrogens (tertiary/aromatic N) is 1. The van der Waals surface area contributed by atoms with E-state index in [0.717, 1.165) is 37.0 Å². The molecule has 6 heteroatoms.